The Bertz CT molecular complexity index is 1140. The number of aromatic nitrogens is 3. The molecule has 35 heavy (non-hydrogen) atoms. The van der Waals surface area contributed by atoms with E-state index in [-0.39, 0.29) is 17.8 Å². The normalized spacial score (nSPS) is 19.1. The highest BCUT2D eigenvalue weighted by molar-refractivity contribution is 5.97. The van der Waals surface area contributed by atoms with Gasteiger partial charge in [-0.25, -0.2) is 4.98 Å². The zero-order chi connectivity index (χ0) is 24.2. The first kappa shape index (κ1) is 23.3. The number of hydrogen-bond acceptors (Lipinski definition) is 9. The molecule has 0 amide bonds. The highest BCUT2D eigenvalue weighted by Crippen LogP contribution is 2.27. The van der Waals surface area contributed by atoms with E-state index < -0.39 is 0 Å². The second-order valence-electron chi connectivity index (χ2n) is 9.20. The van der Waals surface area contributed by atoms with E-state index in [2.05, 4.69) is 26.9 Å². The molecular weight excluding hydrogens is 446 g/mol. The number of nitrogens with zero attached hydrogens (tertiary/aromatic N) is 5. The molecule has 2 atom stereocenters. The minimum absolute atomic E-state index is 0.0455. The van der Waals surface area contributed by atoms with Crippen molar-refractivity contribution in [3.63, 3.8) is 0 Å². The van der Waals surface area contributed by atoms with E-state index in [9.17, 15) is 4.79 Å². The highest BCUT2D eigenvalue weighted by Gasteiger charge is 2.26. The molecule has 0 spiro atoms. The quantitative estimate of drug-likeness (QED) is 0.451. The lowest BCUT2D eigenvalue weighted by atomic mass is 9.93. The van der Waals surface area contributed by atoms with Crippen LogP contribution in [0.4, 0.5) is 11.8 Å². The standard InChI is InChI=1S/C26H31N5O4/c1-18(15-24(32)23-17-34-29-19(23)2)20-3-5-21(6-4-20)35-22-8-10-31(16-22)25-7-9-27-26(28-25)30-11-13-33-14-12-30/h3-7,9,17-18,22H,8,10-16H2,1-2H3/t18-,22?/m1/s1. The predicted molar refractivity (Wildman–Crippen MR) is 131 cm³/mol. The van der Waals surface area contributed by atoms with Crippen LogP contribution in [0.3, 0.4) is 0 Å². The van der Waals surface area contributed by atoms with Crippen molar-refractivity contribution in [1.29, 1.82) is 0 Å². The van der Waals surface area contributed by atoms with Crippen molar-refractivity contribution >= 4 is 17.5 Å². The second-order valence-corrected chi connectivity index (χ2v) is 9.20. The first-order valence-corrected chi connectivity index (χ1v) is 12.2. The molecule has 0 bridgehead atoms. The fraction of sp³-hybridized carbons (Fsp3) is 0.462. The topological polar surface area (TPSA) is 93.8 Å². The average molecular weight is 478 g/mol. The number of morpholine rings is 1. The smallest absolute Gasteiger partial charge is 0.227 e. The van der Waals surface area contributed by atoms with Gasteiger partial charge in [0.1, 0.15) is 23.9 Å². The second kappa shape index (κ2) is 10.4. The summed E-state index contributed by atoms with van der Waals surface area (Å²) in [5.41, 5.74) is 2.30. The highest BCUT2D eigenvalue weighted by atomic mass is 16.5. The molecular formula is C26H31N5O4. The van der Waals surface area contributed by atoms with E-state index in [4.69, 9.17) is 19.0 Å². The molecule has 0 saturated carbocycles. The van der Waals surface area contributed by atoms with Gasteiger partial charge in [0.05, 0.1) is 31.0 Å². The predicted octanol–water partition coefficient (Wildman–Crippen LogP) is 3.64. The number of anilines is 2. The van der Waals surface area contributed by atoms with Gasteiger partial charge >= 0.3 is 0 Å². The third kappa shape index (κ3) is 5.45. The van der Waals surface area contributed by atoms with Crippen molar-refractivity contribution < 1.29 is 18.8 Å². The fourth-order valence-electron chi connectivity index (χ4n) is 4.60. The van der Waals surface area contributed by atoms with Gasteiger partial charge in [0.2, 0.25) is 5.95 Å². The van der Waals surface area contributed by atoms with Gasteiger partial charge in [0.15, 0.2) is 5.78 Å². The molecule has 184 valence electrons. The molecule has 4 heterocycles. The van der Waals surface area contributed by atoms with Gasteiger partial charge < -0.3 is 23.8 Å². The van der Waals surface area contributed by atoms with Crippen LogP contribution in [-0.2, 0) is 4.74 Å². The summed E-state index contributed by atoms with van der Waals surface area (Å²) in [6, 6.07) is 10.0. The number of rotatable bonds is 8. The van der Waals surface area contributed by atoms with Crippen LogP contribution in [-0.4, -0.2) is 66.4 Å². The first-order chi connectivity index (χ1) is 17.1. The van der Waals surface area contributed by atoms with Crippen LogP contribution in [0.2, 0.25) is 0 Å². The van der Waals surface area contributed by atoms with Crippen LogP contribution < -0.4 is 14.5 Å². The fourth-order valence-corrected chi connectivity index (χ4v) is 4.60. The Hall–Kier alpha value is -3.46. The number of ether oxygens (including phenoxy) is 2. The summed E-state index contributed by atoms with van der Waals surface area (Å²) in [4.78, 5) is 26.2. The van der Waals surface area contributed by atoms with E-state index in [0.29, 0.717) is 30.9 Å². The third-order valence-corrected chi connectivity index (χ3v) is 6.68. The summed E-state index contributed by atoms with van der Waals surface area (Å²) in [7, 11) is 0. The molecule has 2 fully saturated rings. The molecule has 1 aromatic carbocycles. The number of carbonyl (C=O) groups is 1. The van der Waals surface area contributed by atoms with Crippen molar-refractivity contribution in [3.05, 3.63) is 59.6 Å². The molecule has 0 N–H and O–H groups in total. The van der Waals surface area contributed by atoms with Gasteiger partial charge in [0, 0.05) is 38.7 Å². The maximum atomic E-state index is 12.5. The van der Waals surface area contributed by atoms with Crippen LogP contribution >= 0.6 is 0 Å². The number of aryl methyl sites for hydroxylation is 1. The molecule has 2 saturated heterocycles. The van der Waals surface area contributed by atoms with Gasteiger partial charge in [-0.1, -0.05) is 24.2 Å². The van der Waals surface area contributed by atoms with Crippen molar-refractivity contribution in [2.45, 2.75) is 38.7 Å². The summed E-state index contributed by atoms with van der Waals surface area (Å²) in [5.74, 6) is 2.67. The molecule has 9 heteroatoms. The molecule has 2 aliphatic heterocycles. The van der Waals surface area contributed by atoms with Crippen molar-refractivity contribution in [2.24, 2.45) is 0 Å². The largest absolute Gasteiger partial charge is 0.489 e. The Balaban J connectivity index is 1.15. The number of hydrogen-bond donors (Lipinski definition) is 0. The Morgan fingerprint density at radius 2 is 1.94 bits per heavy atom. The molecule has 1 unspecified atom stereocenters. The number of ketones is 1. The number of Topliss-reactive ketones (excluding diaryl/α,β-unsaturated/α-hetero) is 1. The summed E-state index contributed by atoms with van der Waals surface area (Å²) >= 11 is 0. The van der Waals surface area contributed by atoms with Crippen molar-refractivity contribution in [1.82, 2.24) is 15.1 Å². The lowest BCUT2D eigenvalue weighted by Crippen LogP contribution is -2.37. The Morgan fingerprint density at radius 1 is 1.14 bits per heavy atom. The van der Waals surface area contributed by atoms with Crippen LogP contribution in [0.25, 0.3) is 0 Å². The van der Waals surface area contributed by atoms with Gasteiger partial charge in [0.25, 0.3) is 0 Å². The Labute approximate surface area is 205 Å². The zero-order valence-electron chi connectivity index (χ0n) is 20.2. The lowest BCUT2D eigenvalue weighted by molar-refractivity contribution is 0.0974. The minimum Gasteiger partial charge on any atom is -0.489 e. The zero-order valence-corrected chi connectivity index (χ0v) is 20.2. The monoisotopic (exact) mass is 477 g/mol. The van der Waals surface area contributed by atoms with Gasteiger partial charge in [-0.2, -0.15) is 4.98 Å². The molecule has 2 aromatic heterocycles. The molecule has 3 aromatic rings. The van der Waals surface area contributed by atoms with Crippen LogP contribution in [0.1, 0.15) is 47.3 Å². The van der Waals surface area contributed by atoms with E-state index in [1.54, 1.807) is 6.92 Å². The average Bonchev–Trinajstić information content (AvgIpc) is 3.54. The van der Waals surface area contributed by atoms with Gasteiger partial charge in [-0.05, 0) is 36.6 Å². The molecule has 9 nitrogen and oxygen atoms in total. The summed E-state index contributed by atoms with van der Waals surface area (Å²) in [6.45, 7) is 8.57. The lowest BCUT2D eigenvalue weighted by Gasteiger charge is -2.27. The summed E-state index contributed by atoms with van der Waals surface area (Å²) in [5, 5.41) is 3.80. The maximum Gasteiger partial charge on any atom is 0.227 e. The number of carbonyl (C=O) groups excluding carboxylic acids is 1. The Kier molecular flexibility index (Phi) is 6.94. The molecule has 5 rings (SSSR count). The molecule has 0 radical (unpaired) electrons. The van der Waals surface area contributed by atoms with Gasteiger partial charge in [-0.15, -0.1) is 0 Å². The summed E-state index contributed by atoms with van der Waals surface area (Å²) in [6.07, 6.45) is 4.69. The Morgan fingerprint density at radius 3 is 2.69 bits per heavy atom. The van der Waals surface area contributed by atoms with Gasteiger partial charge in [-0.3, -0.25) is 4.79 Å². The van der Waals surface area contributed by atoms with Crippen LogP contribution in [0.5, 0.6) is 5.75 Å². The van der Waals surface area contributed by atoms with Crippen LogP contribution in [0, 0.1) is 6.92 Å². The van der Waals surface area contributed by atoms with E-state index >= 15 is 0 Å². The first-order valence-electron chi connectivity index (χ1n) is 12.2. The number of benzene rings is 1. The SMILES string of the molecule is Cc1nocc1C(=O)C[C@@H](C)c1ccc(OC2CCN(c3ccnc(N4CCOCC4)n3)C2)cc1. The van der Waals surface area contributed by atoms with Crippen LogP contribution in [0.15, 0.2) is 47.3 Å². The van der Waals surface area contributed by atoms with E-state index in [1.165, 1.54) is 6.26 Å². The van der Waals surface area contributed by atoms with Crippen molar-refractivity contribution in [2.75, 3.05) is 49.2 Å². The maximum absolute atomic E-state index is 12.5. The molecule has 0 aliphatic carbocycles. The minimum atomic E-state index is 0.0455. The van der Waals surface area contributed by atoms with E-state index in [1.807, 2.05) is 36.5 Å². The van der Waals surface area contributed by atoms with Crippen molar-refractivity contribution in [3.8, 4) is 5.75 Å². The molecule has 2 aliphatic rings. The summed E-state index contributed by atoms with van der Waals surface area (Å²) < 4.78 is 16.6. The van der Waals surface area contributed by atoms with E-state index in [0.717, 1.165) is 55.7 Å². The third-order valence-electron chi connectivity index (χ3n) is 6.68.